The van der Waals surface area contributed by atoms with Gasteiger partial charge in [-0.05, 0) is 43.4 Å². The Balaban J connectivity index is 0.00000264. The fraction of sp³-hybridized carbons (Fsp3) is 0.611. The van der Waals surface area contributed by atoms with Crippen molar-refractivity contribution in [2.75, 3.05) is 18.4 Å². The molecule has 4 nitrogen and oxygen atoms in total. The summed E-state index contributed by atoms with van der Waals surface area (Å²) < 4.78 is 0. The Morgan fingerprint density at radius 1 is 1.39 bits per heavy atom. The number of amides is 1. The summed E-state index contributed by atoms with van der Waals surface area (Å²) >= 11 is 0. The minimum absolute atomic E-state index is 0. The van der Waals surface area contributed by atoms with Gasteiger partial charge in [-0.1, -0.05) is 32.4 Å². The van der Waals surface area contributed by atoms with Crippen molar-refractivity contribution in [1.29, 1.82) is 0 Å². The predicted octanol–water partition coefficient (Wildman–Crippen LogP) is 3.19. The molecule has 0 bridgehead atoms. The zero-order valence-corrected chi connectivity index (χ0v) is 15.2. The topological polar surface area (TPSA) is 58.4 Å². The maximum Gasteiger partial charge on any atom is 0.239 e. The number of piperidine rings is 1. The molecule has 1 saturated heterocycles. The van der Waals surface area contributed by atoms with E-state index in [1.54, 1.807) is 0 Å². The number of benzene rings is 1. The molecule has 1 fully saturated rings. The van der Waals surface area contributed by atoms with Gasteiger partial charge in [0.1, 0.15) is 0 Å². The fourth-order valence-electron chi connectivity index (χ4n) is 2.92. The molecule has 1 aliphatic rings. The van der Waals surface area contributed by atoms with Gasteiger partial charge in [-0.25, -0.2) is 0 Å². The molecule has 2 atom stereocenters. The first-order valence-corrected chi connectivity index (χ1v) is 8.38. The molecule has 3 N–H and O–H groups in total. The van der Waals surface area contributed by atoms with Crippen molar-refractivity contribution in [1.82, 2.24) is 4.90 Å². The minimum Gasteiger partial charge on any atom is -0.382 e. The summed E-state index contributed by atoms with van der Waals surface area (Å²) in [5.41, 5.74) is 8.50. The molecular weight excluding hydrogens is 310 g/mol. The maximum absolute atomic E-state index is 12.4. The van der Waals surface area contributed by atoms with Crippen molar-refractivity contribution in [3.8, 4) is 0 Å². The molecular formula is C18H30ClN3O. The molecule has 0 aliphatic carbocycles. The van der Waals surface area contributed by atoms with Gasteiger partial charge in [0.15, 0.2) is 0 Å². The number of anilines is 1. The van der Waals surface area contributed by atoms with E-state index in [1.165, 1.54) is 11.3 Å². The van der Waals surface area contributed by atoms with Crippen molar-refractivity contribution >= 4 is 24.0 Å². The Hall–Kier alpha value is -1.26. The van der Waals surface area contributed by atoms with Crippen LogP contribution in [-0.2, 0) is 4.79 Å². The summed E-state index contributed by atoms with van der Waals surface area (Å²) in [6, 6.07) is 8.51. The van der Waals surface area contributed by atoms with Crippen LogP contribution in [0.4, 0.5) is 5.69 Å². The molecule has 1 aromatic carbocycles. The average Bonchev–Trinajstić information content (AvgIpc) is 2.53. The number of rotatable bonds is 5. The average molecular weight is 340 g/mol. The largest absolute Gasteiger partial charge is 0.382 e. The lowest BCUT2D eigenvalue weighted by Gasteiger charge is -2.35. The number of carbonyl (C=O) groups excluding carboxylic acids is 1. The molecule has 5 heteroatoms. The van der Waals surface area contributed by atoms with Crippen LogP contribution in [-0.4, -0.2) is 36.0 Å². The first-order chi connectivity index (χ1) is 10.5. The SMILES string of the molecule is CCC(C)C(N)C(=O)N1CCC(Nc2cccc(C)c2)CC1.Cl. The quantitative estimate of drug-likeness (QED) is 0.866. The van der Waals surface area contributed by atoms with Gasteiger partial charge < -0.3 is 16.0 Å². The molecule has 0 saturated carbocycles. The number of aryl methyl sites for hydroxylation is 1. The van der Waals surface area contributed by atoms with Crippen LogP contribution in [0.1, 0.15) is 38.7 Å². The first kappa shape index (κ1) is 19.8. The van der Waals surface area contributed by atoms with E-state index in [4.69, 9.17) is 5.73 Å². The molecule has 2 unspecified atom stereocenters. The Morgan fingerprint density at radius 2 is 2.04 bits per heavy atom. The molecule has 1 amide bonds. The third kappa shape index (κ3) is 5.40. The number of halogens is 1. The van der Waals surface area contributed by atoms with E-state index in [1.807, 2.05) is 4.90 Å². The van der Waals surface area contributed by atoms with Crippen LogP contribution in [0, 0.1) is 12.8 Å². The Kier molecular flexibility index (Phi) is 7.86. The summed E-state index contributed by atoms with van der Waals surface area (Å²) in [5.74, 6) is 0.360. The number of carbonyl (C=O) groups is 1. The van der Waals surface area contributed by atoms with Crippen molar-refractivity contribution in [2.24, 2.45) is 11.7 Å². The number of hydrogen-bond donors (Lipinski definition) is 2. The minimum atomic E-state index is -0.355. The van der Waals surface area contributed by atoms with Gasteiger partial charge in [-0.3, -0.25) is 4.79 Å². The van der Waals surface area contributed by atoms with Crippen LogP contribution in [0.3, 0.4) is 0 Å². The monoisotopic (exact) mass is 339 g/mol. The van der Waals surface area contributed by atoms with E-state index in [0.29, 0.717) is 6.04 Å². The molecule has 2 rings (SSSR count). The second-order valence-corrected chi connectivity index (χ2v) is 6.52. The van der Waals surface area contributed by atoms with E-state index in [2.05, 4.69) is 50.4 Å². The number of hydrogen-bond acceptors (Lipinski definition) is 3. The number of likely N-dealkylation sites (tertiary alicyclic amines) is 1. The molecule has 1 heterocycles. The maximum atomic E-state index is 12.4. The van der Waals surface area contributed by atoms with E-state index >= 15 is 0 Å². The third-order valence-electron chi connectivity index (χ3n) is 4.74. The zero-order chi connectivity index (χ0) is 16.1. The summed E-state index contributed by atoms with van der Waals surface area (Å²) in [4.78, 5) is 14.3. The predicted molar refractivity (Wildman–Crippen MR) is 99.1 cm³/mol. The second-order valence-electron chi connectivity index (χ2n) is 6.52. The lowest BCUT2D eigenvalue weighted by molar-refractivity contribution is -0.134. The smallest absolute Gasteiger partial charge is 0.239 e. The Morgan fingerprint density at radius 3 is 2.61 bits per heavy atom. The Bertz CT molecular complexity index is 501. The highest BCUT2D eigenvalue weighted by atomic mass is 35.5. The number of nitrogens with two attached hydrogens (primary N) is 1. The van der Waals surface area contributed by atoms with E-state index in [9.17, 15) is 4.79 Å². The molecule has 1 aromatic rings. The highest BCUT2D eigenvalue weighted by Gasteiger charge is 2.28. The summed E-state index contributed by atoms with van der Waals surface area (Å²) in [6.45, 7) is 7.83. The van der Waals surface area contributed by atoms with Crippen molar-refractivity contribution in [3.05, 3.63) is 29.8 Å². The van der Waals surface area contributed by atoms with Gasteiger partial charge >= 0.3 is 0 Å². The molecule has 0 aromatic heterocycles. The fourth-order valence-corrected chi connectivity index (χ4v) is 2.92. The normalized spacial score (nSPS) is 18.0. The van der Waals surface area contributed by atoms with Crippen LogP contribution >= 0.6 is 12.4 Å². The summed E-state index contributed by atoms with van der Waals surface area (Å²) in [7, 11) is 0. The van der Waals surface area contributed by atoms with Gasteiger partial charge in [0.2, 0.25) is 5.91 Å². The van der Waals surface area contributed by atoms with Gasteiger partial charge in [0.05, 0.1) is 6.04 Å². The standard InChI is InChI=1S/C18H29N3O.ClH/c1-4-14(3)17(19)18(22)21-10-8-15(9-11-21)20-16-7-5-6-13(2)12-16;/h5-7,12,14-15,17,20H,4,8-11,19H2,1-3H3;1H. The molecule has 0 spiro atoms. The van der Waals surface area contributed by atoms with Gasteiger partial charge in [-0.15, -0.1) is 12.4 Å². The lowest BCUT2D eigenvalue weighted by Crippen LogP contribution is -2.51. The van der Waals surface area contributed by atoms with Crippen LogP contribution in [0.2, 0.25) is 0 Å². The van der Waals surface area contributed by atoms with Crippen LogP contribution < -0.4 is 11.1 Å². The highest BCUT2D eigenvalue weighted by molar-refractivity contribution is 5.85. The third-order valence-corrected chi connectivity index (χ3v) is 4.74. The van der Waals surface area contributed by atoms with E-state index < -0.39 is 0 Å². The molecule has 0 radical (unpaired) electrons. The summed E-state index contributed by atoms with van der Waals surface area (Å²) in [5, 5.41) is 3.58. The first-order valence-electron chi connectivity index (χ1n) is 8.38. The van der Waals surface area contributed by atoms with Crippen molar-refractivity contribution in [2.45, 2.75) is 52.1 Å². The summed E-state index contributed by atoms with van der Waals surface area (Å²) in [6.07, 6.45) is 2.90. The van der Waals surface area contributed by atoms with E-state index in [-0.39, 0.29) is 30.3 Å². The number of nitrogens with one attached hydrogen (secondary N) is 1. The van der Waals surface area contributed by atoms with Gasteiger partial charge in [0, 0.05) is 24.8 Å². The number of nitrogens with zero attached hydrogens (tertiary/aromatic N) is 1. The highest BCUT2D eigenvalue weighted by Crippen LogP contribution is 2.19. The van der Waals surface area contributed by atoms with Crippen molar-refractivity contribution in [3.63, 3.8) is 0 Å². The molecule has 130 valence electrons. The van der Waals surface area contributed by atoms with Gasteiger partial charge in [-0.2, -0.15) is 0 Å². The lowest BCUT2D eigenvalue weighted by atomic mass is 9.97. The van der Waals surface area contributed by atoms with Gasteiger partial charge in [0.25, 0.3) is 0 Å². The van der Waals surface area contributed by atoms with Crippen LogP contribution in [0.25, 0.3) is 0 Å². The Labute approximate surface area is 146 Å². The van der Waals surface area contributed by atoms with Crippen LogP contribution in [0.5, 0.6) is 0 Å². The van der Waals surface area contributed by atoms with Crippen molar-refractivity contribution < 1.29 is 4.79 Å². The molecule has 1 aliphatic heterocycles. The second kappa shape index (κ2) is 9.14. The van der Waals surface area contributed by atoms with Crippen LogP contribution in [0.15, 0.2) is 24.3 Å². The zero-order valence-electron chi connectivity index (χ0n) is 14.4. The molecule has 23 heavy (non-hydrogen) atoms. The van der Waals surface area contributed by atoms with E-state index in [0.717, 1.165) is 32.4 Å².